The summed E-state index contributed by atoms with van der Waals surface area (Å²) in [6.45, 7) is 2.86. The van der Waals surface area contributed by atoms with Gasteiger partial charge in [0, 0.05) is 23.9 Å². The van der Waals surface area contributed by atoms with Gasteiger partial charge in [0.1, 0.15) is 17.6 Å². The van der Waals surface area contributed by atoms with Crippen LogP contribution in [0.25, 0.3) is 0 Å². The molecule has 3 rings (SSSR count). The molecule has 0 radical (unpaired) electrons. The molecular formula is C28H37FN2O. The van der Waals surface area contributed by atoms with E-state index in [0.29, 0.717) is 24.2 Å². The number of hydrogen-bond acceptors (Lipinski definition) is 3. The summed E-state index contributed by atoms with van der Waals surface area (Å²) in [6.07, 6.45) is 17.1. The van der Waals surface area contributed by atoms with Gasteiger partial charge in [-0.1, -0.05) is 51.5 Å². The summed E-state index contributed by atoms with van der Waals surface area (Å²) in [4.78, 5) is 4.79. The Bertz CT molecular complexity index is 851. The van der Waals surface area contributed by atoms with E-state index in [1.54, 1.807) is 6.07 Å². The average molecular weight is 437 g/mol. The molecule has 0 amide bonds. The number of rotatable bonds is 12. The van der Waals surface area contributed by atoms with Crippen molar-refractivity contribution in [2.45, 2.75) is 89.9 Å². The van der Waals surface area contributed by atoms with Gasteiger partial charge in [-0.3, -0.25) is 4.98 Å². The van der Waals surface area contributed by atoms with Crippen molar-refractivity contribution >= 4 is 0 Å². The van der Waals surface area contributed by atoms with Crippen molar-refractivity contribution in [2.24, 2.45) is 5.92 Å². The maximum Gasteiger partial charge on any atom is 0.144 e. The molecule has 0 saturated heterocycles. The normalized spacial score (nSPS) is 18.3. The van der Waals surface area contributed by atoms with Crippen LogP contribution in [0.2, 0.25) is 0 Å². The highest BCUT2D eigenvalue weighted by Crippen LogP contribution is 2.35. The number of nitrogens with zero attached hydrogens (tertiary/aromatic N) is 2. The summed E-state index contributed by atoms with van der Waals surface area (Å²) in [6, 6.07) is 10.8. The van der Waals surface area contributed by atoms with Crippen LogP contribution in [0.3, 0.4) is 0 Å². The number of ether oxygens (including phenoxy) is 1. The first kappa shape index (κ1) is 24.2. The van der Waals surface area contributed by atoms with E-state index in [1.807, 2.05) is 6.07 Å². The standard InChI is InChI=1S/C28H37FN2O/c1-2-3-4-5-6-7-8-9-22-12-17-28(31-20-22)24-13-10-23(11-14-24)21-32-26-16-15-25(19-30)27(29)18-26/h12,15-18,20,23-24H,2-11,13-14,21H2,1H3/t23-,24-. The zero-order valence-electron chi connectivity index (χ0n) is 19.5. The van der Waals surface area contributed by atoms with Gasteiger partial charge in [-0.15, -0.1) is 0 Å². The molecule has 0 aliphatic heterocycles. The quantitative estimate of drug-likeness (QED) is 0.320. The Morgan fingerprint density at radius 2 is 1.75 bits per heavy atom. The maximum absolute atomic E-state index is 13.7. The lowest BCUT2D eigenvalue weighted by Gasteiger charge is -2.28. The molecule has 1 aliphatic carbocycles. The third-order valence-corrected chi connectivity index (χ3v) is 6.73. The molecule has 2 aromatic rings. The first-order valence-electron chi connectivity index (χ1n) is 12.5. The molecule has 4 heteroatoms. The minimum absolute atomic E-state index is 0.0544. The molecular weight excluding hydrogens is 399 g/mol. The van der Waals surface area contributed by atoms with Crippen LogP contribution in [-0.4, -0.2) is 11.6 Å². The summed E-state index contributed by atoms with van der Waals surface area (Å²) in [5, 5.41) is 8.82. The largest absolute Gasteiger partial charge is 0.493 e. The van der Waals surface area contributed by atoms with Crippen molar-refractivity contribution in [1.29, 1.82) is 5.26 Å². The van der Waals surface area contributed by atoms with Gasteiger partial charge in [-0.05, 0) is 68.2 Å². The molecule has 1 aliphatic rings. The number of unbranched alkanes of at least 4 members (excludes halogenated alkanes) is 6. The Balaban J connectivity index is 1.35. The van der Waals surface area contributed by atoms with Gasteiger partial charge in [0.15, 0.2) is 0 Å². The fourth-order valence-electron chi connectivity index (χ4n) is 4.63. The van der Waals surface area contributed by atoms with E-state index in [2.05, 4.69) is 25.3 Å². The van der Waals surface area contributed by atoms with Crippen molar-refractivity contribution in [3.63, 3.8) is 0 Å². The van der Waals surface area contributed by atoms with E-state index in [4.69, 9.17) is 15.0 Å². The van der Waals surface area contributed by atoms with E-state index >= 15 is 0 Å². The molecule has 0 spiro atoms. The summed E-state index contributed by atoms with van der Waals surface area (Å²) < 4.78 is 19.5. The van der Waals surface area contributed by atoms with Crippen LogP contribution in [0.5, 0.6) is 5.75 Å². The SMILES string of the molecule is CCCCCCCCCc1ccc([C@H]2CC[C@H](COc3ccc(C#N)c(F)c3)CC2)nc1. The first-order valence-corrected chi connectivity index (χ1v) is 12.5. The predicted molar refractivity (Wildman–Crippen MR) is 127 cm³/mol. The molecule has 172 valence electrons. The number of aryl methyl sites for hydroxylation is 1. The number of benzene rings is 1. The first-order chi connectivity index (χ1) is 15.7. The highest BCUT2D eigenvalue weighted by molar-refractivity contribution is 5.36. The predicted octanol–water partition coefficient (Wildman–Crippen LogP) is 7.74. The Hall–Kier alpha value is -2.41. The van der Waals surface area contributed by atoms with Gasteiger partial charge in [0.05, 0.1) is 12.2 Å². The van der Waals surface area contributed by atoms with Crippen LogP contribution < -0.4 is 4.74 Å². The van der Waals surface area contributed by atoms with E-state index in [-0.39, 0.29) is 5.56 Å². The molecule has 1 fully saturated rings. The van der Waals surface area contributed by atoms with Crippen molar-refractivity contribution < 1.29 is 9.13 Å². The minimum Gasteiger partial charge on any atom is -0.493 e. The Morgan fingerprint density at radius 3 is 2.41 bits per heavy atom. The van der Waals surface area contributed by atoms with Crippen LogP contribution >= 0.6 is 0 Å². The Morgan fingerprint density at radius 1 is 1.00 bits per heavy atom. The van der Waals surface area contributed by atoms with E-state index in [9.17, 15) is 4.39 Å². The van der Waals surface area contributed by atoms with Gasteiger partial charge >= 0.3 is 0 Å². The summed E-state index contributed by atoms with van der Waals surface area (Å²) in [7, 11) is 0. The molecule has 0 unspecified atom stereocenters. The lowest BCUT2D eigenvalue weighted by atomic mass is 9.80. The van der Waals surface area contributed by atoms with Crippen molar-refractivity contribution in [3.05, 3.63) is 59.2 Å². The van der Waals surface area contributed by atoms with Gasteiger partial charge in [-0.2, -0.15) is 5.26 Å². The van der Waals surface area contributed by atoms with Crippen LogP contribution in [0.1, 0.15) is 100 Å². The molecule has 3 nitrogen and oxygen atoms in total. The van der Waals surface area contributed by atoms with Crippen LogP contribution in [-0.2, 0) is 6.42 Å². The monoisotopic (exact) mass is 436 g/mol. The third kappa shape index (κ3) is 7.62. The van der Waals surface area contributed by atoms with Gasteiger partial charge < -0.3 is 4.74 Å². The van der Waals surface area contributed by atoms with Crippen LogP contribution in [0, 0.1) is 23.1 Å². The molecule has 0 bridgehead atoms. The lowest BCUT2D eigenvalue weighted by Crippen LogP contribution is -2.19. The van der Waals surface area contributed by atoms with Crippen molar-refractivity contribution in [1.82, 2.24) is 4.98 Å². The fraction of sp³-hybridized carbons (Fsp3) is 0.571. The summed E-state index contributed by atoms with van der Waals surface area (Å²) in [5.74, 6) is 1.00. The number of halogens is 1. The lowest BCUT2D eigenvalue weighted by molar-refractivity contribution is 0.198. The average Bonchev–Trinajstić information content (AvgIpc) is 2.83. The number of aromatic nitrogens is 1. The van der Waals surface area contributed by atoms with Crippen LogP contribution in [0.4, 0.5) is 4.39 Å². The minimum atomic E-state index is -0.518. The van der Waals surface area contributed by atoms with E-state index in [0.717, 1.165) is 32.1 Å². The second kappa shape index (κ2) is 13.2. The van der Waals surface area contributed by atoms with Crippen LogP contribution in [0.15, 0.2) is 36.5 Å². The number of pyridine rings is 1. The fourth-order valence-corrected chi connectivity index (χ4v) is 4.63. The molecule has 0 N–H and O–H groups in total. The summed E-state index contributed by atoms with van der Waals surface area (Å²) >= 11 is 0. The third-order valence-electron chi connectivity index (χ3n) is 6.73. The highest BCUT2D eigenvalue weighted by Gasteiger charge is 2.23. The second-order valence-electron chi connectivity index (χ2n) is 9.24. The Kier molecular flexibility index (Phi) is 10.0. The van der Waals surface area contributed by atoms with E-state index in [1.165, 1.54) is 68.3 Å². The van der Waals surface area contributed by atoms with Gasteiger partial charge in [-0.25, -0.2) is 4.39 Å². The second-order valence-corrected chi connectivity index (χ2v) is 9.24. The molecule has 1 aromatic heterocycles. The van der Waals surface area contributed by atoms with Gasteiger partial charge in [0.25, 0.3) is 0 Å². The number of hydrogen-bond donors (Lipinski definition) is 0. The molecule has 1 saturated carbocycles. The van der Waals surface area contributed by atoms with Crippen molar-refractivity contribution in [2.75, 3.05) is 6.61 Å². The van der Waals surface area contributed by atoms with E-state index < -0.39 is 5.82 Å². The molecule has 1 aromatic carbocycles. The topological polar surface area (TPSA) is 45.9 Å². The number of nitriles is 1. The Labute approximate surface area is 193 Å². The van der Waals surface area contributed by atoms with Crippen molar-refractivity contribution in [3.8, 4) is 11.8 Å². The smallest absolute Gasteiger partial charge is 0.144 e. The highest BCUT2D eigenvalue weighted by atomic mass is 19.1. The molecule has 1 heterocycles. The summed E-state index contributed by atoms with van der Waals surface area (Å²) in [5.41, 5.74) is 2.64. The van der Waals surface area contributed by atoms with Gasteiger partial charge in [0.2, 0.25) is 0 Å². The maximum atomic E-state index is 13.7. The zero-order chi connectivity index (χ0) is 22.6. The molecule has 0 atom stereocenters. The zero-order valence-corrected chi connectivity index (χ0v) is 19.5. The molecule has 32 heavy (non-hydrogen) atoms.